The third-order valence-corrected chi connectivity index (χ3v) is 5.48. The number of fused-ring (bicyclic) bond motifs is 1. The number of nitrogens with one attached hydrogen (secondary N) is 1. The van der Waals surface area contributed by atoms with Gasteiger partial charge in [-0.2, -0.15) is 0 Å². The highest BCUT2D eigenvalue weighted by atomic mass is 16.6. The first-order valence-corrected chi connectivity index (χ1v) is 9.27. The molecule has 6 heteroatoms. The SMILES string of the molecule is CC(C)(CNC(=O)C1CCC(C(=O)O)CC1)c1ccc2c(c1)OCCO2. The number of benzene rings is 1. The lowest BCUT2D eigenvalue weighted by atomic mass is 9.81. The molecule has 0 saturated heterocycles. The van der Waals surface area contributed by atoms with Crippen LogP contribution in [0.3, 0.4) is 0 Å². The smallest absolute Gasteiger partial charge is 0.306 e. The average Bonchev–Trinajstić information content (AvgIpc) is 2.65. The molecular weight excluding hydrogens is 334 g/mol. The highest BCUT2D eigenvalue weighted by Gasteiger charge is 2.31. The number of hydrogen-bond donors (Lipinski definition) is 2. The van der Waals surface area contributed by atoms with Crippen LogP contribution in [0.1, 0.15) is 45.1 Å². The van der Waals surface area contributed by atoms with E-state index in [1.54, 1.807) is 0 Å². The van der Waals surface area contributed by atoms with E-state index >= 15 is 0 Å². The normalized spacial score (nSPS) is 22.5. The molecule has 1 aliphatic carbocycles. The van der Waals surface area contributed by atoms with Crippen molar-refractivity contribution >= 4 is 11.9 Å². The zero-order valence-corrected chi connectivity index (χ0v) is 15.4. The van der Waals surface area contributed by atoms with Crippen LogP contribution >= 0.6 is 0 Å². The van der Waals surface area contributed by atoms with E-state index in [-0.39, 0.29) is 23.2 Å². The second-order valence-electron chi connectivity index (χ2n) is 7.85. The highest BCUT2D eigenvalue weighted by molar-refractivity contribution is 5.79. The summed E-state index contributed by atoms with van der Waals surface area (Å²) in [5.41, 5.74) is 0.834. The fourth-order valence-corrected chi connectivity index (χ4v) is 3.62. The van der Waals surface area contributed by atoms with Gasteiger partial charge in [0, 0.05) is 17.9 Å². The van der Waals surface area contributed by atoms with E-state index in [0.29, 0.717) is 45.4 Å². The molecule has 2 aliphatic rings. The maximum atomic E-state index is 12.5. The number of rotatable bonds is 5. The van der Waals surface area contributed by atoms with Gasteiger partial charge in [-0.15, -0.1) is 0 Å². The van der Waals surface area contributed by atoms with Crippen LogP contribution in [0.2, 0.25) is 0 Å². The molecule has 142 valence electrons. The van der Waals surface area contributed by atoms with Crippen LogP contribution in [0.4, 0.5) is 0 Å². The summed E-state index contributed by atoms with van der Waals surface area (Å²) in [6.07, 6.45) is 2.46. The minimum atomic E-state index is -0.747. The summed E-state index contributed by atoms with van der Waals surface area (Å²) in [5, 5.41) is 12.1. The van der Waals surface area contributed by atoms with Gasteiger partial charge in [0.05, 0.1) is 5.92 Å². The van der Waals surface area contributed by atoms with Crippen LogP contribution in [0, 0.1) is 11.8 Å². The molecule has 26 heavy (non-hydrogen) atoms. The average molecular weight is 361 g/mol. The summed E-state index contributed by atoms with van der Waals surface area (Å²) in [6, 6.07) is 5.91. The van der Waals surface area contributed by atoms with E-state index in [1.807, 2.05) is 18.2 Å². The van der Waals surface area contributed by atoms with Gasteiger partial charge in [-0.25, -0.2) is 0 Å². The predicted octanol–water partition coefficient (Wildman–Crippen LogP) is 2.74. The lowest BCUT2D eigenvalue weighted by Gasteiger charge is -2.30. The van der Waals surface area contributed by atoms with Crippen molar-refractivity contribution in [2.75, 3.05) is 19.8 Å². The van der Waals surface area contributed by atoms with Crippen LogP contribution < -0.4 is 14.8 Å². The summed E-state index contributed by atoms with van der Waals surface area (Å²) in [6.45, 7) is 5.80. The van der Waals surface area contributed by atoms with Crippen molar-refractivity contribution in [2.45, 2.75) is 44.9 Å². The number of carboxylic acid groups (broad SMARTS) is 1. The van der Waals surface area contributed by atoms with Gasteiger partial charge in [-0.3, -0.25) is 9.59 Å². The molecule has 0 aromatic heterocycles. The first kappa shape index (κ1) is 18.5. The third kappa shape index (κ3) is 4.11. The fraction of sp³-hybridized carbons (Fsp3) is 0.600. The van der Waals surface area contributed by atoms with E-state index in [1.165, 1.54) is 0 Å². The molecular formula is C20H27NO5. The molecule has 0 unspecified atom stereocenters. The van der Waals surface area contributed by atoms with Crippen molar-refractivity contribution in [3.05, 3.63) is 23.8 Å². The zero-order valence-electron chi connectivity index (χ0n) is 15.4. The Bertz CT molecular complexity index is 677. The Kier molecular flexibility index (Phi) is 5.39. The predicted molar refractivity (Wildman–Crippen MR) is 96.6 cm³/mol. The molecule has 1 aromatic carbocycles. The molecule has 0 spiro atoms. The quantitative estimate of drug-likeness (QED) is 0.842. The molecule has 0 bridgehead atoms. The Morgan fingerprint density at radius 1 is 1.08 bits per heavy atom. The molecule has 1 saturated carbocycles. The van der Waals surface area contributed by atoms with Crippen molar-refractivity contribution in [1.82, 2.24) is 5.32 Å². The first-order chi connectivity index (χ1) is 12.4. The molecule has 1 amide bonds. The second kappa shape index (κ2) is 7.56. The molecule has 2 N–H and O–H groups in total. The maximum absolute atomic E-state index is 12.5. The number of carboxylic acids is 1. The van der Waals surface area contributed by atoms with Crippen LogP contribution in [0.25, 0.3) is 0 Å². The van der Waals surface area contributed by atoms with E-state index in [4.69, 9.17) is 14.6 Å². The minimum absolute atomic E-state index is 0.0273. The number of carbonyl (C=O) groups is 2. The summed E-state index contributed by atoms with van der Waals surface area (Å²) >= 11 is 0. The number of hydrogen-bond acceptors (Lipinski definition) is 4. The van der Waals surface area contributed by atoms with Crippen LogP contribution in [0.15, 0.2) is 18.2 Å². The van der Waals surface area contributed by atoms with E-state index < -0.39 is 5.97 Å². The first-order valence-electron chi connectivity index (χ1n) is 9.27. The monoisotopic (exact) mass is 361 g/mol. The molecule has 0 radical (unpaired) electrons. The largest absolute Gasteiger partial charge is 0.486 e. The summed E-state index contributed by atoms with van der Waals surface area (Å²) < 4.78 is 11.2. The molecule has 3 rings (SSSR count). The van der Waals surface area contributed by atoms with Crippen molar-refractivity contribution in [1.29, 1.82) is 0 Å². The lowest BCUT2D eigenvalue weighted by Crippen LogP contribution is -2.41. The van der Waals surface area contributed by atoms with Gasteiger partial charge in [-0.1, -0.05) is 19.9 Å². The van der Waals surface area contributed by atoms with Crippen molar-refractivity contribution < 1.29 is 24.2 Å². The van der Waals surface area contributed by atoms with Gasteiger partial charge >= 0.3 is 5.97 Å². The van der Waals surface area contributed by atoms with Gasteiger partial charge in [0.2, 0.25) is 5.91 Å². The minimum Gasteiger partial charge on any atom is -0.486 e. The standard InChI is InChI=1S/C20H27NO5/c1-20(2,15-7-8-16-17(11-15)26-10-9-25-16)12-21-18(22)13-3-5-14(6-4-13)19(23)24/h7-8,11,13-14H,3-6,9-10,12H2,1-2H3,(H,21,22)(H,23,24). The van der Waals surface area contributed by atoms with Crippen molar-refractivity contribution in [3.8, 4) is 11.5 Å². The van der Waals surface area contributed by atoms with Gasteiger partial charge in [0.15, 0.2) is 11.5 Å². The maximum Gasteiger partial charge on any atom is 0.306 e. The highest BCUT2D eigenvalue weighted by Crippen LogP contribution is 2.35. The van der Waals surface area contributed by atoms with E-state index in [0.717, 1.165) is 17.1 Å². The molecule has 1 aromatic rings. The van der Waals surface area contributed by atoms with Gasteiger partial charge in [0.25, 0.3) is 0 Å². The number of aliphatic carboxylic acids is 1. The van der Waals surface area contributed by atoms with Gasteiger partial charge < -0.3 is 19.9 Å². The molecule has 1 fully saturated rings. The summed E-state index contributed by atoms with van der Waals surface area (Å²) in [4.78, 5) is 23.5. The van der Waals surface area contributed by atoms with Gasteiger partial charge in [-0.05, 0) is 43.4 Å². The summed E-state index contributed by atoms with van der Waals surface area (Å²) in [5.74, 6) is 0.410. The van der Waals surface area contributed by atoms with Crippen molar-refractivity contribution in [2.24, 2.45) is 11.8 Å². The molecule has 0 atom stereocenters. The Balaban J connectivity index is 1.56. The topological polar surface area (TPSA) is 84.9 Å². The second-order valence-corrected chi connectivity index (χ2v) is 7.85. The van der Waals surface area contributed by atoms with Crippen LogP contribution in [0.5, 0.6) is 11.5 Å². The Morgan fingerprint density at radius 2 is 1.69 bits per heavy atom. The Hall–Kier alpha value is -2.24. The molecule has 1 heterocycles. The van der Waals surface area contributed by atoms with Gasteiger partial charge in [0.1, 0.15) is 13.2 Å². The Morgan fingerprint density at radius 3 is 2.35 bits per heavy atom. The molecule has 1 aliphatic heterocycles. The number of carbonyl (C=O) groups excluding carboxylic acids is 1. The summed E-state index contributed by atoms with van der Waals surface area (Å²) in [7, 11) is 0. The third-order valence-electron chi connectivity index (χ3n) is 5.48. The zero-order chi connectivity index (χ0) is 18.7. The van der Waals surface area contributed by atoms with E-state index in [9.17, 15) is 9.59 Å². The number of amides is 1. The fourth-order valence-electron chi connectivity index (χ4n) is 3.62. The van der Waals surface area contributed by atoms with Crippen molar-refractivity contribution in [3.63, 3.8) is 0 Å². The Labute approximate surface area is 153 Å². The van der Waals surface area contributed by atoms with E-state index in [2.05, 4.69) is 19.2 Å². The van der Waals surface area contributed by atoms with Crippen LogP contribution in [-0.2, 0) is 15.0 Å². The van der Waals surface area contributed by atoms with Crippen LogP contribution in [-0.4, -0.2) is 36.7 Å². The lowest BCUT2D eigenvalue weighted by molar-refractivity contribution is -0.144. The molecule has 6 nitrogen and oxygen atoms in total. The number of ether oxygens (including phenoxy) is 2.